The molecule has 0 spiro atoms. The van der Waals surface area contributed by atoms with Crippen molar-refractivity contribution in [2.75, 3.05) is 13.1 Å². The minimum absolute atomic E-state index is 0.0792. The van der Waals surface area contributed by atoms with E-state index in [1.807, 2.05) is 97.1 Å². The fourth-order valence-corrected chi connectivity index (χ4v) is 7.46. The lowest BCUT2D eigenvalue weighted by molar-refractivity contribution is -0.134. The number of hydrogen-bond acceptors (Lipinski definition) is 7. The van der Waals surface area contributed by atoms with Crippen molar-refractivity contribution in [2.45, 2.75) is 63.5 Å². The smallest absolute Gasteiger partial charge is 0.224 e. The Bertz CT molecular complexity index is 2310. The zero-order valence-corrected chi connectivity index (χ0v) is 35.6. The van der Waals surface area contributed by atoms with Gasteiger partial charge in [-0.2, -0.15) is 0 Å². The van der Waals surface area contributed by atoms with Gasteiger partial charge in [-0.3, -0.25) is 29.2 Å². The molecule has 4 atom stereocenters. The van der Waals surface area contributed by atoms with Crippen LogP contribution in [0.2, 0.25) is 0 Å². The summed E-state index contributed by atoms with van der Waals surface area (Å²) in [6.07, 6.45) is 1.37. The molecule has 0 fully saturated rings. The molecule has 5 rings (SSSR count). The van der Waals surface area contributed by atoms with Crippen molar-refractivity contribution in [1.29, 1.82) is 0 Å². The Balaban J connectivity index is 1.33. The van der Waals surface area contributed by atoms with Gasteiger partial charge in [0.2, 0.25) is 11.8 Å². The molecular weight excluding hydrogens is 791 g/mol. The second-order valence-electron chi connectivity index (χ2n) is 15.8. The molecule has 0 aliphatic carbocycles. The number of guanidine groups is 2. The number of carbonyl (C=O) groups excluding carboxylic acids is 4. The molecule has 13 nitrogen and oxygen atoms in total. The molecule has 13 N–H and O–H groups in total. The summed E-state index contributed by atoms with van der Waals surface area (Å²) in [5, 5.41) is 2.95. The van der Waals surface area contributed by atoms with Crippen molar-refractivity contribution in [3.63, 3.8) is 0 Å². The van der Waals surface area contributed by atoms with E-state index in [9.17, 15) is 19.2 Å². The van der Waals surface area contributed by atoms with E-state index < -0.39 is 35.7 Å². The third-order valence-corrected chi connectivity index (χ3v) is 11.0. The zero-order valence-electron chi connectivity index (χ0n) is 35.6. The van der Waals surface area contributed by atoms with Crippen molar-refractivity contribution < 1.29 is 19.2 Å². The van der Waals surface area contributed by atoms with Crippen LogP contribution in [0, 0.1) is 11.8 Å². The molecule has 5 aromatic carbocycles. The number of nitrogens with one attached hydrogen (secondary N) is 1. The monoisotopic (exact) mass is 849 g/mol. The van der Waals surface area contributed by atoms with Crippen molar-refractivity contribution in [1.82, 2.24) is 5.32 Å². The van der Waals surface area contributed by atoms with Crippen molar-refractivity contribution in [2.24, 2.45) is 56.2 Å². The van der Waals surface area contributed by atoms with E-state index in [1.165, 1.54) is 0 Å². The van der Waals surface area contributed by atoms with Gasteiger partial charge < -0.3 is 39.7 Å². The number of carbonyl (C=O) groups is 4. The molecule has 0 heterocycles. The van der Waals surface area contributed by atoms with Crippen LogP contribution in [0.5, 0.6) is 0 Å². The number of nitrogens with two attached hydrogens (primary N) is 6. The molecule has 63 heavy (non-hydrogen) atoms. The Labute approximate surface area is 369 Å². The molecule has 2 amide bonds. The van der Waals surface area contributed by atoms with Crippen LogP contribution in [0.15, 0.2) is 143 Å². The van der Waals surface area contributed by atoms with Gasteiger partial charge in [0.1, 0.15) is 0 Å². The van der Waals surface area contributed by atoms with Crippen LogP contribution in [0.4, 0.5) is 0 Å². The second kappa shape index (κ2) is 23.8. The van der Waals surface area contributed by atoms with Gasteiger partial charge >= 0.3 is 0 Å². The molecule has 0 saturated carbocycles. The number of benzene rings is 5. The maximum atomic E-state index is 14.3. The van der Waals surface area contributed by atoms with Gasteiger partial charge in [0, 0.05) is 37.8 Å². The third kappa shape index (κ3) is 15.1. The number of aliphatic imine (C=N–C) groups is 2. The minimum atomic E-state index is -1.04. The largest absolute Gasteiger partial charge is 0.370 e. The summed E-state index contributed by atoms with van der Waals surface area (Å²) < 4.78 is 0. The molecule has 13 heteroatoms. The standard InChI is InChI=1S/C50H59N9O4/c51-43(29-33-15-19-37(20-16-33)35-9-3-1-4-10-35)45(60)32-42(14-8-28-58-50(55)56)48(63)59-44(46(61)31-41(47(52)62)13-7-27-57-49(53)54)30-34-17-21-38(22-18-34)40-25-23-39(24-26-40)36-11-5-2-6-12-36/h1-6,9-12,15-26,41-44H,7-8,13-14,27-32,51H2,(H2,52,62)(H,59,63)(H4,53,54,57)(H4,55,56,58)/t41-,42-,43+,44+/m1/s1. The minimum Gasteiger partial charge on any atom is -0.370 e. The molecule has 0 aliphatic heterocycles. The first-order chi connectivity index (χ1) is 30.4. The number of Topliss-reactive ketones (excluding diaryl/α,β-unsaturated/α-hetero) is 2. The highest BCUT2D eigenvalue weighted by Gasteiger charge is 2.31. The number of primary amides is 1. The van der Waals surface area contributed by atoms with Crippen LogP contribution in [-0.2, 0) is 32.0 Å². The lowest BCUT2D eigenvalue weighted by Crippen LogP contribution is -2.47. The zero-order chi connectivity index (χ0) is 45.1. The van der Waals surface area contributed by atoms with E-state index in [1.54, 1.807) is 0 Å². The number of amides is 2. The van der Waals surface area contributed by atoms with E-state index in [0.29, 0.717) is 12.8 Å². The highest BCUT2D eigenvalue weighted by atomic mass is 16.2. The lowest BCUT2D eigenvalue weighted by Gasteiger charge is -2.24. The van der Waals surface area contributed by atoms with Crippen LogP contribution in [0.25, 0.3) is 33.4 Å². The quantitative estimate of drug-likeness (QED) is 0.0249. The summed E-state index contributed by atoms with van der Waals surface area (Å²) in [6.45, 7) is 0.502. The molecule has 328 valence electrons. The summed E-state index contributed by atoms with van der Waals surface area (Å²) >= 11 is 0. The number of rotatable bonds is 24. The third-order valence-electron chi connectivity index (χ3n) is 11.0. The lowest BCUT2D eigenvalue weighted by atomic mass is 9.89. The van der Waals surface area contributed by atoms with Gasteiger partial charge in [0.15, 0.2) is 23.5 Å². The Morgan fingerprint density at radius 1 is 0.476 bits per heavy atom. The summed E-state index contributed by atoms with van der Waals surface area (Å²) in [5.41, 5.74) is 42.2. The predicted octanol–water partition coefficient (Wildman–Crippen LogP) is 5.03. The molecule has 5 aromatic rings. The van der Waals surface area contributed by atoms with Gasteiger partial charge in [-0.25, -0.2) is 0 Å². The Kier molecular flexibility index (Phi) is 17.7. The van der Waals surface area contributed by atoms with Crippen LogP contribution in [0.1, 0.15) is 49.7 Å². The molecule has 0 saturated heterocycles. The summed E-state index contributed by atoms with van der Waals surface area (Å²) in [4.78, 5) is 62.7. The Morgan fingerprint density at radius 2 is 0.857 bits per heavy atom. The van der Waals surface area contributed by atoms with E-state index in [2.05, 4.69) is 51.7 Å². The summed E-state index contributed by atoms with van der Waals surface area (Å²) in [6, 6.07) is 42.0. The van der Waals surface area contributed by atoms with Crippen LogP contribution >= 0.6 is 0 Å². The number of ketones is 2. The molecule has 0 bridgehead atoms. The molecule has 0 aliphatic rings. The molecule has 0 unspecified atom stereocenters. The Hall–Kier alpha value is -7.12. The average molecular weight is 850 g/mol. The number of nitrogens with zero attached hydrogens (tertiary/aromatic N) is 2. The first-order valence-electron chi connectivity index (χ1n) is 21.3. The van der Waals surface area contributed by atoms with Gasteiger partial charge in [0.25, 0.3) is 0 Å². The maximum absolute atomic E-state index is 14.3. The number of hydrogen-bond donors (Lipinski definition) is 7. The van der Waals surface area contributed by atoms with E-state index in [4.69, 9.17) is 34.4 Å². The van der Waals surface area contributed by atoms with Gasteiger partial charge in [-0.1, -0.05) is 133 Å². The molecule has 0 aromatic heterocycles. The van der Waals surface area contributed by atoms with E-state index in [0.717, 1.165) is 44.5 Å². The van der Waals surface area contributed by atoms with Gasteiger partial charge in [-0.05, 0) is 83.0 Å². The fourth-order valence-electron chi connectivity index (χ4n) is 7.46. The SMILES string of the molecule is NC(=O)[C@H](CCCN=C(N)N)CC(=O)[C@H](Cc1ccc(-c2ccc(-c3ccccc3)cc2)cc1)NC(=O)[C@H](CCCN=C(N)N)CC(=O)[C@@H](N)Cc1ccc(-c2ccccc2)cc1. The average Bonchev–Trinajstić information content (AvgIpc) is 3.28. The molecular formula is C50H59N9O4. The highest BCUT2D eigenvalue weighted by molar-refractivity contribution is 5.94. The van der Waals surface area contributed by atoms with Crippen LogP contribution in [-0.4, -0.2) is 60.5 Å². The topological polar surface area (TPSA) is 261 Å². The fraction of sp³-hybridized carbons (Fsp3) is 0.280. The van der Waals surface area contributed by atoms with Crippen LogP contribution in [0.3, 0.4) is 0 Å². The second-order valence-corrected chi connectivity index (χ2v) is 15.8. The van der Waals surface area contributed by atoms with E-state index >= 15 is 0 Å². The first-order valence-corrected chi connectivity index (χ1v) is 21.3. The first kappa shape index (κ1) is 46.9. The predicted molar refractivity (Wildman–Crippen MR) is 252 cm³/mol. The van der Waals surface area contributed by atoms with Gasteiger partial charge in [0.05, 0.1) is 12.1 Å². The van der Waals surface area contributed by atoms with Crippen molar-refractivity contribution in [3.05, 3.63) is 145 Å². The van der Waals surface area contributed by atoms with E-state index in [-0.39, 0.29) is 75.1 Å². The van der Waals surface area contributed by atoms with Gasteiger partial charge in [-0.15, -0.1) is 0 Å². The Morgan fingerprint density at radius 3 is 1.29 bits per heavy atom. The normalized spacial score (nSPS) is 12.8. The summed E-state index contributed by atoms with van der Waals surface area (Å²) in [7, 11) is 0. The highest BCUT2D eigenvalue weighted by Crippen LogP contribution is 2.26. The van der Waals surface area contributed by atoms with Crippen molar-refractivity contribution in [3.8, 4) is 33.4 Å². The van der Waals surface area contributed by atoms with Crippen LogP contribution < -0.4 is 39.7 Å². The summed E-state index contributed by atoms with van der Waals surface area (Å²) in [5.74, 6) is -3.65. The maximum Gasteiger partial charge on any atom is 0.224 e. The van der Waals surface area contributed by atoms with Crippen molar-refractivity contribution >= 4 is 35.3 Å². The molecule has 0 radical (unpaired) electrons.